The summed E-state index contributed by atoms with van der Waals surface area (Å²) in [6, 6.07) is 8.20. The fourth-order valence-electron chi connectivity index (χ4n) is 2.83. The Hall–Kier alpha value is -0.940. The number of hydrogen-bond acceptors (Lipinski definition) is 4. The van der Waals surface area contributed by atoms with Crippen LogP contribution in [0.25, 0.3) is 0 Å². The highest BCUT2D eigenvalue weighted by atomic mass is 35.5. The molecular weight excluding hydrogens is 304 g/mol. The summed E-state index contributed by atoms with van der Waals surface area (Å²) in [6.45, 7) is 1.08. The van der Waals surface area contributed by atoms with Gasteiger partial charge in [-0.1, -0.05) is 30.2 Å². The topological polar surface area (TPSA) is 36.4 Å². The minimum Gasteiger partial charge on any atom is -0.381 e. The monoisotopic (exact) mass is 322 g/mol. The highest BCUT2D eigenvalue weighted by Crippen LogP contribution is 2.31. The summed E-state index contributed by atoms with van der Waals surface area (Å²) >= 11 is 7.61. The molecule has 0 spiro atoms. The molecule has 2 aromatic rings. The van der Waals surface area contributed by atoms with E-state index in [0.29, 0.717) is 0 Å². The molecule has 5 heteroatoms. The van der Waals surface area contributed by atoms with Crippen LogP contribution in [-0.4, -0.2) is 28.3 Å². The van der Waals surface area contributed by atoms with Gasteiger partial charge in [-0.05, 0) is 30.5 Å². The van der Waals surface area contributed by atoms with Crippen LogP contribution in [0.4, 0.5) is 0 Å². The lowest BCUT2D eigenvalue weighted by Gasteiger charge is -2.32. The largest absolute Gasteiger partial charge is 0.381 e. The molecule has 112 valence electrons. The van der Waals surface area contributed by atoms with Crippen molar-refractivity contribution in [2.75, 3.05) is 13.3 Å². The standard InChI is InChI=1S/C16H19ClN2OS/c17-13-6-4-12(5-7-13)9-16-18-14(10-21-16)15-3-1-2-8-19(15)11-20/h4-7,10,15,20H,1-3,8-9,11H2/t15-/m1/s1. The van der Waals surface area contributed by atoms with Gasteiger partial charge in [-0.2, -0.15) is 0 Å². The number of rotatable bonds is 4. The molecule has 0 bridgehead atoms. The number of aromatic nitrogens is 1. The number of halogens is 1. The molecule has 1 fully saturated rings. The molecule has 1 N–H and O–H groups in total. The van der Waals surface area contributed by atoms with Gasteiger partial charge in [0.2, 0.25) is 0 Å². The fourth-order valence-corrected chi connectivity index (χ4v) is 3.83. The third-order valence-corrected chi connectivity index (χ3v) is 5.09. The van der Waals surface area contributed by atoms with Gasteiger partial charge in [0.25, 0.3) is 0 Å². The Bertz CT molecular complexity index is 584. The van der Waals surface area contributed by atoms with E-state index in [1.54, 1.807) is 11.3 Å². The maximum atomic E-state index is 9.48. The Kier molecular flexibility index (Phi) is 4.91. The van der Waals surface area contributed by atoms with Crippen molar-refractivity contribution in [3.63, 3.8) is 0 Å². The summed E-state index contributed by atoms with van der Waals surface area (Å²) in [5, 5.41) is 13.5. The van der Waals surface area contributed by atoms with E-state index in [2.05, 4.69) is 10.3 Å². The molecule has 0 amide bonds. The van der Waals surface area contributed by atoms with Crippen LogP contribution in [0.2, 0.25) is 5.02 Å². The van der Waals surface area contributed by atoms with E-state index < -0.39 is 0 Å². The average molecular weight is 323 g/mol. The maximum absolute atomic E-state index is 9.48. The van der Waals surface area contributed by atoms with Crippen molar-refractivity contribution in [3.05, 3.63) is 50.9 Å². The number of hydrogen-bond donors (Lipinski definition) is 1. The lowest BCUT2D eigenvalue weighted by Crippen LogP contribution is -2.34. The van der Waals surface area contributed by atoms with Crippen molar-refractivity contribution in [2.45, 2.75) is 31.7 Å². The van der Waals surface area contributed by atoms with Gasteiger partial charge in [0.15, 0.2) is 0 Å². The molecule has 1 aliphatic heterocycles. The molecule has 3 rings (SSSR count). The zero-order chi connectivity index (χ0) is 14.7. The van der Waals surface area contributed by atoms with Crippen molar-refractivity contribution in [3.8, 4) is 0 Å². The third-order valence-electron chi connectivity index (χ3n) is 3.97. The molecule has 1 aromatic carbocycles. The molecule has 1 atom stereocenters. The zero-order valence-corrected chi connectivity index (χ0v) is 13.4. The Labute approximate surface area is 134 Å². The molecular formula is C16H19ClN2OS. The third kappa shape index (κ3) is 3.64. The molecule has 0 radical (unpaired) electrons. The van der Waals surface area contributed by atoms with Crippen molar-refractivity contribution < 1.29 is 5.11 Å². The van der Waals surface area contributed by atoms with E-state index in [1.165, 1.54) is 18.4 Å². The average Bonchev–Trinajstić information content (AvgIpc) is 2.98. The minimum atomic E-state index is 0.120. The Morgan fingerprint density at radius 2 is 2.10 bits per heavy atom. The number of piperidine rings is 1. The first kappa shape index (κ1) is 15.0. The second kappa shape index (κ2) is 6.88. The van der Waals surface area contributed by atoms with Crippen LogP contribution in [0.1, 0.15) is 41.6 Å². The van der Waals surface area contributed by atoms with Gasteiger partial charge in [0, 0.05) is 23.4 Å². The van der Waals surface area contributed by atoms with E-state index in [0.717, 1.165) is 35.1 Å². The van der Waals surface area contributed by atoms with Gasteiger partial charge >= 0.3 is 0 Å². The summed E-state index contributed by atoms with van der Waals surface area (Å²) in [5.41, 5.74) is 2.33. The number of aliphatic hydroxyl groups excluding tert-OH is 1. The van der Waals surface area contributed by atoms with Gasteiger partial charge < -0.3 is 5.11 Å². The molecule has 0 aliphatic carbocycles. The van der Waals surface area contributed by atoms with Crippen molar-refractivity contribution in [1.29, 1.82) is 0 Å². The predicted octanol–water partition coefficient (Wildman–Crippen LogP) is 3.86. The van der Waals surface area contributed by atoms with Crippen LogP contribution in [0.15, 0.2) is 29.6 Å². The van der Waals surface area contributed by atoms with Gasteiger partial charge in [-0.15, -0.1) is 11.3 Å². The van der Waals surface area contributed by atoms with E-state index >= 15 is 0 Å². The van der Waals surface area contributed by atoms with Crippen LogP contribution in [0.3, 0.4) is 0 Å². The summed E-state index contributed by atoms with van der Waals surface area (Å²) < 4.78 is 0. The Balaban J connectivity index is 1.72. The summed E-state index contributed by atoms with van der Waals surface area (Å²) in [6.07, 6.45) is 4.31. The van der Waals surface area contributed by atoms with E-state index in [-0.39, 0.29) is 12.8 Å². The highest BCUT2D eigenvalue weighted by molar-refractivity contribution is 7.09. The van der Waals surface area contributed by atoms with Crippen LogP contribution in [0, 0.1) is 0 Å². The molecule has 1 aromatic heterocycles. The van der Waals surface area contributed by atoms with Crippen LogP contribution < -0.4 is 0 Å². The number of likely N-dealkylation sites (tertiary alicyclic amines) is 1. The maximum Gasteiger partial charge on any atom is 0.0972 e. The van der Waals surface area contributed by atoms with Crippen molar-refractivity contribution >= 4 is 22.9 Å². The predicted molar refractivity (Wildman–Crippen MR) is 86.8 cm³/mol. The lowest BCUT2D eigenvalue weighted by atomic mass is 10.0. The van der Waals surface area contributed by atoms with Gasteiger partial charge in [-0.3, -0.25) is 4.90 Å². The molecule has 1 saturated heterocycles. The SMILES string of the molecule is OCN1CCCC[C@@H]1c1csc(Cc2ccc(Cl)cc2)n1. The van der Waals surface area contributed by atoms with Gasteiger partial charge in [-0.25, -0.2) is 4.98 Å². The van der Waals surface area contributed by atoms with E-state index in [9.17, 15) is 5.11 Å². The number of nitrogens with zero attached hydrogens (tertiary/aromatic N) is 2. The van der Waals surface area contributed by atoms with E-state index in [1.807, 2.05) is 24.3 Å². The first-order chi connectivity index (χ1) is 10.3. The number of thiazole rings is 1. The summed E-state index contributed by atoms with van der Waals surface area (Å²) in [5.74, 6) is 0. The first-order valence-electron chi connectivity index (χ1n) is 7.30. The summed E-state index contributed by atoms with van der Waals surface area (Å²) in [4.78, 5) is 6.90. The molecule has 0 saturated carbocycles. The highest BCUT2D eigenvalue weighted by Gasteiger charge is 2.25. The normalized spacial score (nSPS) is 19.8. The minimum absolute atomic E-state index is 0.120. The van der Waals surface area contributed by atoms with Crippen molar-refractivity contribution in [2.24, 2.45) is 0 Å². The molecule has 3 nitrogen and oxygen atoms in total. The number of benzene rings is 1. The van der Waals surface area contributed by atoms with E-state index in [4.69, 9.17) is 16.6 Å². The summed E-state index contributed by atoms with van der Waals surface area (Å²) in [7, 11) is 0. The molecule has 21 heavy (non-hydrogen) atoms. The first-order valence-corrected chi connectivity index (χ1v) is 8.55. The molecule has 0 unspecified atom stereocenters. The van der Waals surface area contributed by atoms with Gasteiger partial charge in [0.1, 0.15) is 0 Å². The Morgan fingerprint density at radius 3 is 2.86 bits per heavy atom. The second-order valence-corrected chi connectivity index (χ2v) is 6.81. The Morgan fingerprint density at radius 1 is 1.29 bits per heavy atom. The van der Waals surface area contributed by atoms with Crippen LogP contribution in [0.5, 0.6) is 0 Å². The smallest absolute Gasteiger partial charge is 0.0972 e. The second-order valence-electron chi connectivity index (χ2n) is 5.43. The van der Waals surface area contributed by atoms with Gasteiger partial charge in [0.05, 0.1) is 23.5 Å². The molecule has 1 aliphatic rings. The molecule has 2 heterocycles. The quantitative estimate of drug-likeness (QED) is 0.928. The lowest BCUT2D eigenvalue weighted by molar-refractivity contribution is 0.0421. The van der Waals surface area contributed by atoms with Crippen LogP contribution in [-0.2, 0) is 6.42 Å². The number of aliphatic hydroxyl groups is 1. The zero-order valence-electron chi connectivity index (χ0n) is 11.8. The fraction of sp³-hybridized carbons (Fsp3) is 0.438. The van der Waals surface area contributed by atoms with Crippen LogP contribution >= 0.6 is 22.9 Å². The van der Waals surface area contributed by atoms with Crippen molar-refractivity contribution in [1.82, 2.24) is 9.88 Å².